The molecule has 4 fully saturated rings. The van der Waals surface area contributed by atoms with E-state index in [2.05, 4.69) is 285 Å². The average Bonchev–Trinajstić information content (AvgIpc) is 1.06. The van der Waals surface area contributed by atoms with Crippen LogP contribution >= 0.6 is 0 Å². The van der Waals surface area contributed by atoms with Gasteiger partial charge in [-0.3, -0.25) is 9.80 Å². The van der Waals surface area contributed by atoms with Crippen molar-refractivity contribution in [3.8, 4) is 0 Å². The van der Waals surface area contributed by atoms with Crippen molar-refractivity contribution >= 4 is 0 Å². The molecule has 0 amide bonds. The van der Waals surface area contributed by atoms with Crippen LogP contribution in [-0.4, -0.2) is 332 Å². The molecule has 0 aliphatic carbocycles. The summed E-state index contributed by atoms with van der Waals surface area (Å²) in [5.41, 5.74) is 1.11. The predicted octanol–water partition coefficient (Wildman–Crippen LogP) is 15.1. The molecule has 4 saturated heterocycles. The second-order valence-corrected chi connectivity index (χ2v) is 36.1. The Labute approximate surface area is 615 Å². The lowest BCUT2D eigenvalue weighted by Crippen LogP contribution is -2.52. The van der Waals surface area contributed by atoms with Crippen LogP contribution in [0, 0.1) is 0 Å². The molecule has 0 unspecified atom stereocenters. The molecule has 98 heavy (non-hydrogen) atoms. The van der Waals surface area contributed by atoms with Crippen LogP contribution < -0.4 is 0 Å². The summed E-state index contributed by atoms with van der Waals surface area (Å²) in [6, 6.07) is 0. The number of ether oxygens (including phenoxy) is 7. The summed E-state index contributed by atoms with van der Waals surface area (Å²) in [6.07, 6.45) is 6.70. The lowest BCUT2D eigenvalue weighted by Gasteiger charge is -2.41. The quantitative estimate of drug-likeness (QED) is 0.0857. The van der Waals surface area contributed by atoms with Crippen molar-refractivity contribution in [1.29, 1.82) is 0 Å². The second kappa shape index (κ2) is 56.6. The highest BCUT2D eigenvalue weighted by molar-refractivity contribution is 4.81. The van der Waals surface area contributed by atoms with Gasteiger partial charge in [0.2, 0.25) is 0 Å². The molecular weight excluding hydrogens is 1220 g/mol. The molecule has 0 atom stereocenters. The zero-order chi connectivity index (χ0) is 77.3. The van der Waals surface area contributed by atoms with Gasteiger partial charge in [0.25, 0.3) is 0 Å². The van der Waals surface area contributed by atoms with E-state index in [0.717, 1.165) is 131 Å². The number of nitrogens with zero attached hydrogens (tertiary/aromatic N) is 10. The Hall–Kier alpha value is -0.680. The Kier molecular flexibility index (Phi) is 61.2. The van der Waals surface area contributed by atoms with E-state index >= 15 is 0 Å². The summed E-state index contributed by atoms with van der Waals surface area (Å²) < 4.78 is 38.3. The van der Waals surface area contributed by atoms with E-state index in [1.54, 1.807) is 7.11 Å². The first kappa shape index (κ1) is 106. The minimum atomic E-state index is 0.00710. The summed E-state index contributed by atoms with van der Waals surface area (Å²) in [5.74, 6) is 0. The van der Waals surface area contributed by atoms with Gasteiger partial charge in [0.1, 0.15) is 0 Å². The van der Waals surface area contributed by atoms with Gasteiger partial charge in [-0.05, 0) is 313 Å². The highest BCUT2D eigenvalue weighted by atomic mass is 16.5. The van der Waals surface area contributed by atoms with Crippen LogP contribution in [0.5, 0.6) is 0 Å². The predicted molar refractivity (Wildman–Crippen MR) is 432 cm³/mol. The fraction of sp³-hybridized carbons (Fsp3) is 1.00. The number of methoxy groups -OCH3 is 1. The summed E-state index contributed by atoms with van der Waals surface area (Å²) in [4.78, 5) is 24.0. The van der Waals surface area contributed by atoms with Crippen LogP contribution in [0.15, 0.2) is 0 Å². The van der Waals surface area contributed by atoms with Gasteiger partial charge < -0.3 is 72.4 Å². The number of likely N-dealkylation sites (tertiary alicyclic amines) is 2. The molecule has 17 nitrogen and oxygen atoms in total. The Morgan fingerprint density at radius 3 is 0.949 bits per heavy atom. The molecule has 0 aromatic carbocycles. The standard InChI is InChI=1S/C11H23NO.C10H21NO.2C10H23NO.C9H20N2.C9H22N2.C9H21NO.C8H17NO.C5H12O/c1-11(2,3)13-10-6-9-12-7-4-5-8-12;1-10(2,3)12-9-8-11-6-4-5-7-11;2*1-6-11(7-2)8-9-12-10(3,4)5;1-9(2,3)11-7-5-10(4)6-8-11;1-9(2,3)11(6)8-7-10(4)5;1-6-10(5)7-8-11-9(2,3)4;1-8(2,3)9-4-6-10-7-5-9;1-5(2,3)6-4/h4-10H2,1-3H3;4-9H2,1-3H3;2*6-9H2,1-5H3;5-8H2,1-4H3;7-8H2,1-6H3;6-8H2,1-5H3;4-7H2,1-3H3;1-4H3. The molecule has 0 N–H and O–H groups in total. The van der Waals surface area contributed by atoms with Crippen molar-refractivity contribution in [3.63, 3.8) is 0 Å². The Bertz CT molecular complexity index is 1650. The molecule has 0 bridgehead atoms. The van der Waals surface area contributed by atoms with Crippen molar-refractivity contribution in [2.75, 3.05) is 233 Å². The van der Waals surface area contributed by atoms with Crippen molar-refractivity contribution in [2.45, 2.75) is 304 Å². The van der Waals surface area contributed by atoms with Crippen LogP contribution in [0.1, 0.15) is 254 Å². The van der Waals surface area contributed by atoms with Gasteiger partial charge in [-0.15, -0.1) is 0 Å². The van der Waals surface area contributed by atoms with E-state index in [-0.39, 0.29) is 33.6 Å². The monoisotopic (exact) mass is 1410 g/mol. The molecule has 0 radical (unpaired) electrons. The lowest BCUT2D eigenvalue weighted by molar-refractivity contribution is -0.0124. The SMILES string of the molecule is CC(C)(C)N1CCOCC1.CC(C)(C)OCCCN1CCCC1.CC(C)(C)OCCN1CCCC1.CCN(C)CCOC(C)(C)C.CCN(CC)CCOC(C)(C)C.CCN(CC)CCOC(C)(C)C.CN(C)CCN(C)C(C)(C)C.CN1CCN(C(C)(C)C)CC1.COC(C)(C)C. The van der Waals surface area contributed by atoms with Gasteiger partial charge in [-0.25, -0.2) is 0 Å². The minimum Gasteiger partial charge on any atom is -0.379 e. The van der Waals surface area contributed by atoms with Gasteiger partial charge in [0.15, 0.2) is 0 Å². The fourth-order valence-electron chi connectivity index (χ4n) is 9.26. The highest BCUT2D eigenvalue weighted by Gasteiger charge is 2.25. The number of hydrogen-bond donors (Lipinski definition) is 0. The Morgan fingerprint density at radius 2 is 0.663 bits per heavy atom. The van der Waals surface area contributed by atoms with E-state index in [0.29, 0.717) is 16.6 Å². The smallest absolute Gasteiger partial charge is 0.0600 e. The molecule has 4 aliphatic rings. The maximum absolute atomic E-state index is 5.66. The van der Waals surface area contributed by atoms with E-state index in [4.69, 9.17) is 33.2 Å². The first-order valence-electron chi connectivity index (χ1n) is 39.1. The van der Waals surface area contributed by atoms with Crippen LogP contribution in [0.4, 0.5) is 0 Å². The zero-order valence-corrected chi connectivity index (χ0v) is 73.9. The molecule has 4 heterocycles. The molecule has 17 heteroatoms. The van der Waals surface area contributed by atoms with Gasteiger partial charge in [0, 0.05) is 115 Å². The molecule has 598 valence electrons. The number of rotatable bonds is 24. The van der Waals surface area contributed by atoms with E-state index in [9.17, 15) is 0 Å². The maximum Gasteiger partial charge on any atom is 0.0600 e. The van der Waals surface area contributed by atoms with Crippen molar-refractivity contribution in [1.82, 2.24) is 49.0 Å². The van der Waals surface area contributed by atoms with Gasteiger partial charge in [0.05, 0.1) is 73.2 Å². The highest BCUT2D eigenvalue weighted by Crippen LogP contribution is 2.17. The van der Waals surface area contributed by atoms with Crippen LogP contribution in [0.2, 0.25) is 0 Å². The molecule has 0 aromatic rings. The average molecular weight is 1410 g/mol. The number of piperazine rings is 1. The van der Waals surface area contributed by atoms with Crippen LogP contribution in [0.3, 0.4) is 0 Å². The third kappa shape index (κ3) is 79.4. The van der Waals surface area contributed by atoms with Gasteiger partial charge in [-0.2, -0.15) is 0 Å². The first-order valence-corrected chi connectivity index (χ1v) is 39.1. The molecule has 0 aromatic heterocycles. The molecule has 4 rings (SSSR count). The second-order valence-electron chi connectivity index (χ2n) is 36.1. The van der Waals surface area contributed by atoms with E-state index in [1.165, 1.54) is 91.0 Å². The van der Waals surface area contributed by atoms with Crippen molar-refractivity contribution < 1.29 is 33.2 Å². The normalized spacial score (nSPS) is 16.8. The molecule has 0 saturated carbocycles. The third-order valence-corrected chi connectivity index (χ3v) is 16.8. The summed E-state index contributed by atoms with van der Waals surface area (Å²) in [5, 5.41) is 0. The van der Waals surface area contributed by atoms with Crippen molar-refractivity contribution in [2.24, 2.45) is 0 Å². The first-order chi connectivity index (χ1) is 44.6. The molecule has 0 spiro atoms. The third-order valence-electron chi connectivity index (χ3n) is 16.8. The van der Waals surface area contributed by atoms with Crippen LogP contribution in [-0.2, 0) is 33.2 Å². The Morgan fingerprint density at radius 1 is 0.347 bits per heavy atom. The molecule has 4 aliphatic heterocycles. The van der Waals surface area contributed by atoms with E-state index < -0.39 is 0 Å². The van der Waals surface area contributed by atoms with E-state index in [1.807, 2.05) is 20.8 Å². The maximum atomic E-state index is 5.66. The zero-order valence-electron chi connectivity index (χ0n) is 73.9. The largest absolute Gasteiger partial charge is 0.379 e. The van der Waals surface area contributed by atoms with Crippen molar-refractivity contribution in [3.05, 3.63) is 0 Å². The fourth-order valence-corrected chi connectivity index (χ4v) is 9.26. The van der Waals surface area contributed by atoms with Gasteiger partial charge in [-0.1, -0.05) is 34.6 Å². The summed E-state index contributed by atoms with van der Waals surface area (Å²) in [6.45, 7) is 100. The summed E-state index contributed by atoms with van der Waals surface area (Å²) >= 11 is 0. The number of morpholine rings is 1. The topological polar surface area (TPSA) is 97.0 Å². The van der Waals surface area contributed by atoms with Crippen LogP contribution in [0.25, 0.3) is 0 Å². The number of likely N-dealkylation sites (N-methyl/N-ethyl adjacent to an activating group) is 6. The Balaban J connectivity index is -0.000000333. The number of hydrogen-bond acceptors (Lipinski definition) is 17. The van der Waals surface area contributed by atoms with Gasteiger partial charge >= 0.3 is 0 Å². The lowest BCUT2D eigenvalue weighted by atomic mass is 10.1. The summed E-state index contributed by atoms with van der Waals surface area (Å²) in [7, 11) is 12.4. The molecular formula is C81H182N10O7. The minimum absolute atomic E-state index is 0.00710.